The summed E-state index contributed by atoms with van der Waals surface area (Å²) in [6.07, 6.45) is 0. The van der Waals surface area contributed by atoms with Gasteiger partial charge in [0.15, 0.2) is 0 Å². The number of phenols is 1. The van der Waals surface area contributed by atoms with Crippen LogP contribution in [0.5, 0.6) is 5.75 Å². The molecule has 1 aromatic carbocycles. The molecule has 2 amide bonds. The number of primary amides is 1. The number of hydrogen-bond donors (Lipinski definition) is 2. The number of carbonyl (C=O) groups excluding carboxylic acids is 1. The summed E-state index contributed by atoms with van der Waals surface area (Å²) in [5.74, 6) is 0.0177. The van der Waals surface area contributed by atoms with E-state index in [2.05, 4.69) is 0 Å². The predicted octanol–water partition coefficient (Wildman–Crippen LogP) is 2.33. The van der Waals surface area contributed by atoms with Crippen molar-refractivity contribution in [2.45, 2.75) is 0 Å². The second kappa shape index (κ2) is 6.37. The Balaban J connectivity index is 0.000000288. The zero-order valence-electron chi connectivity index (χ0n) is 8.37. The topological polar surface area (TPSA) is 66.6 Å². The van der Waals surface area contributed by atoms with Crippen LogP contribution < -0.4 is 5.73 Å². The summed E-state index contributed by atoms with van der Waals surface area (Å²) < 4.78 is 0. The monoisotopic (exact) mass is 250 g/mol. The average Bonchev–Trinajstić information content (AvgIpc) is 2.15. The standard InChI is InChI=1S/C6H4Cl2O.C3H8N2O/c7-4-2-1-3-5(9)6(4)8;1-5(2)3(4)6/h1-3,9H;1-2H3,(H2,4,6). The van der Waals surface area contributed by atoms with Crippen molar-refractivity contribution in [2.24, 2.45) is 5.73 Å². The molecule has 1 rings (SSSR count). The number of halogens is 2. The fourth-order valence-corrected chi connectivity index (χ4v) is 0.788. The molecule has 84 valence electrons. The molecule has 4 nitrogen and oxygen atoms in total. The molecule has 15 heavy (non-hydrogen) atoms. The van der Waals surface area contributed by atoms with Gasteiger partial charge in [-0.2, -0.15) is 0 Å². The first-order valence-electron chi connectivity index (χ1n) is 3.96. The molecule has 0 saturated heterocycles. The van der Waals surface area contributed by atoms with Gasteiger partial charge in [0, 0.05) is 14.1 Å². The van der Waals surface area contributed by atoms with Crippen molar-refractivity contribution in [2.75, 3.05) is 14.1 Å². The molecule has 0 atom stereocenters. The Morgan fingerprint density at radius 1 is 1.40 bits per heavy atom. The minimum absolute atomic E-state index is 0.0177. The SMILES string of the molecule is CN(C)C(N)=O.Oc1cccc(Cl)c1Cl. The number of benzene rings is 1. The van der Waals surface area contributed by atoms with Crippen LogP contribution in [0.4, 0.5) is 4.79 Å². The summed E-state index contributed by atoms with van der Waals surface area (Å²) in [6, 6.07) is 4.32. The number of amides is 2. The van der Waals surface area contributed by atoms with Gasteiger partial charge < -0.3 is 15.7 Å². The molecule has 0 bridgehead atoms. The molecule has 0 aliphatic carbocycles. The second-order valence-corrected chi connectivity index (χ2v) is 3.59. The van der Waals surface area contributed by atoms with Gasteiger partial charge >= 0.3 is 6.03 Å². The largest absolute Gasteiger partial charge is 0.506 e. The number of carbonyl (C=O) groups is 1. The van der Waals surface area contributed by atoms with Crippen LogP contribution in [0.15, 0.2) is 18.2 Å². The van der Waals surface area contributed by atoms with E-state index in [1.54, 1.807) is 26.2 Å². The molecular weight excluding hydrogens is 239 g/mol. The Labute approximate surface area is 98.2 Å². The number of aromatic hydroxyl groups is 1. The highest BCUT2D eigenvalue weighted by atomic mass is 35.5. The molecule has 0 aliphatic rings. The molecule has 0 aliphatic heterocycles. The van der Waals surface area contributed by atoms with Crippen LogP contribution in [0.3, 0.4) is 0 Å². The van der Waals surface area contributed by atoms with Crippen molar-refractivity contribution in [3.8, 4) is 5.75 Å². The van der Waals surface area contributed by atoms with E-state index in [9.17, 15) is 4.79 Å². The third-order valence-corrected chi connectivity index (χ3v) is 2.18. The molecule has 0 fully saturated rings. The lowest BCUT2D eigenvalue weighted by Crippen LogP contribution is -2.27. The van der Waals surface area contributed by atoms with Crippen LogP contribution in [-0.2, 0) is 0 Å². The lowest BCUT2D eigenvalue weighted by atomic mass is 10.3. The van der Waals surface area contributed by atoms with Gasteiger partial charge in [0.05, 0.1) is 5.02 Å². The Kier molecular flexibility index (Phi) is 5.89. The van der Waals surface area contributed by atoms with Crippen molar-refractivity contribution in [1.82, 2.24) is 4.90 Å². The van der Waals surface area contributed by atoms with Crippen molar-refractivity contribution in [3.63, 3.8) is 0 Å². The Bertz CT molecular complexity index is 323. The van der Waals surface area contributed by atoms with Gasteiger partial charge in [0.1, 0.15) is 10.8 Å². The summed E-state index contributed by atoms with van der Waals surface area (Å²) in [5.41, 5.74) is 4.72. The van der Waals surface area contributed by atoms with E-state index >= 15 is 0 Å². The highest BCUT2D eigenvalue weighted by Gasteiger charge is 1.99. The molecule has 0 saturated carbocycles. The quantitative estimate of drug-likeness (QED) is 0.743. The molecule has 0 unspecified atom stereocenters. The van der Waals surface area contributed by atoms with E-state index < -0.39 is 6.03 Å². The minimum Gasteiger partial charge on any atom is -0.506 e. The Hall–Kier alpha value is -1.13. The van der Waals surface area contributed by atoms with Crippen molar-refractivity contribution in [1.29, 1.82) is 0 Å². The molecule has 3 N–H and O–H groups in total. The third kappa shape index (κ3) is 5.34. The third-order valence-electron chi connectivity index (χ3n) is 1.37. The van der Waals surface area contributed by atoms with Gasteiger partial charge in [-0.05, 0) is 12.1 Å². The Morgan fingerprint density at radius 2 is 1.87 bits per heavy atom. The van der Waals surface area contributed by atoms with Gasteiger partial charge in [0.2, 0.25) is 0 Å². The van der Waals surface area contributed by atoms with Crippen LogP contribution in [0, 0.1) is 0 Å². The smallest absolute Gasteiger partial charge is 0.314 e. The first-order valence-corrected chi connectivity index (χ1v) is 4.71. The maximum absolute atomic E-state index is 9.85. The summed E-state index contributed by atoms with van der Waals surface area (Å²) >= 11 is 11.0. The number of urea groups is 1. The lowest BCUT2D eigenvalue weighted by Gasteiger charge is -2.01. The van der Waals surface area contributed by atoms with Crippen LogP contribution in [0.2, 0.25) is 10.0 Å². The number of nitrogens with two attached hydrogens (primary N) is 1. The number of rotatable bonds is 0. The highest BCUT2D eigenvalue weighted by Crippen LogP contribution is 2.29. The van der Waals surface area contributed by atoms with E-state index in [1.807, 2.05) is 0 Å². The number of nitrogens with zero attached hydrogens (tertiary/aromatic N) is 1. The summed E-state index contributed by atoms with van der Waals surface area (Å²) in [4.78, 5) is 11.2. The lowest BCUT2D eigenvalue weighted by molar-refractivity contribution is 0.227. The fourth-order valence-electron chi connectivity index (χ4n) is 0.492. The van der Waals surface area contributed by atoms with E-state index in [-0.39, 0.29) is 10.8 Å². The maximum atomic E-state index is 9.85. The summed E-state index contributed by atoms with van der Waals surface area (Å²) in [6.45, 7) is 0. The molecule has 0 heterocycles. The van der Waals surface area contributed by atoms with E-state index in [0.29, 0.717) is 5.02 Å². The maximum Gasteiger partial charge on any atom is 0.314 e. The second-order valence-electron chi connectivity index (χ2n) is 2.81. The predicted molar refractivity (Wildman–Crippen MR) is 61.4 cm³/mol. The molecular formula is C9H12Cl2N2O2. The summed E-state index contributed by atoms with van der Waals surface area (Å²) in [7, 11) is 3.20. The zero-order chi connectivity index (χ0) is 12.0. The van der Waals surface area contributed by atoms with Gasteiger partial charge in [0.25, 0.3) is 0 Å². The van der Waals surface area contributed by atoms with Crippen molar-refractivity contribution < 1.29 is 9.90 Å². The molecule has 6 heteroatoms. The Morgan fingerprint density at radius 3 is 2.13 bits per heavy atom. The minimum atomic E-state index is -0.407. The molecule has 1 aromatic rings. The number of hydrogen-bond acceptors (Lipinski definition) is 2. The van der Waals surface area contributed by atoms with Crippen LogP contribution >= 0.6 is 23.2 Å². The van der Waals surface area contributed by atoms with Crippen LogP contribution in [0.1, 0.15) is 0 Å². The van der Waals surface area contributed by atoms with Gasteiger partial charge in [-0.1, -0.05) is 29.3 Å². The first kappa shape index (κ1) is 13.9. The average molecular weight is 251 g/mol. The van der Waals surface area contributed by atoms with E-state index in [4.69, 9.17) is 34.0 Å². The van der Waals surface area contributed by atoms with Crippen molar-refractivity contribution in [3.05, 3.63) is 28.2 Å². The van der Waals surface area contributed by atoms with Gasteiger partial charge in [-0.25, -0.2) is 4.79 Å². The van der Waals surface area contributed by atoms with E-state index in [0.717, 1.165) is 0 Å². The van der Waals surface area contributed by atoms with Gasteiger partial charge in [-0.15, -0.1) is 0 Å². The molecule has 0 radical (unpaired) electrons. The van der Waals surface area contributed by atoms with Crippen LogP contribution in [-0.4, -0.2) is 30.1 Å². The fraction of sp³-hybridized carbons (Fsp3) is 0.222. The van der Waals surface area contributed by atoms with Crippen molar-refractivity contribution >= 4 is 29.2 Å². The van der Waals surface area contributed by atoms with Gasteiger partial charge in [-0.3, -0.25) is 0 Å². The van der Waals surface area contributed by atoms with E-state index in [1.165, 1.54) is 11.0 Å². The highest BCUT2D eigenvalue weighted by molar-refractivity contribution is 6.42. The molecule has 0 aromatic heterocycles. The first-order chi connectivity index (χ1) is 6.86. The summed E-state index contributed by atoms with van der Waals surface area (Å²) in [5, 5.41) is 9.46. The molecule has 0 spiro atoms. The number of phenolic OH excluding ortho intramolecular Hbond substituents is 1. The van der Waals surface area contributed by atoms with Crippen LogP contribution in [0.25, 0.3) is 0 Å². The normalized spacial score (nSPS) is 8.80. The zero-order valence-corrected chi connectivity index (χ0v) is 9.88.